The van der Waals surface area contributed by atoms with Crippen molar-refractivity contribution in [3.8, 4) is 0 Å². The number of hydrogen-bond donors (Lipinski definition) is 1. The summed E-state index contributed by atoms with van der Waals surface area (Å²) in [4.78, 5) is 4.22. The van der Waals surface area contributed by atoms with Gasteiger partial charge in [-0.05, 0) is 42.5 Å². The van der Waals surface area contributed by atoms with Gasteiger partial charge in [0.15, 0.2) is 5.11 Å². The number of rotatable bonds is 3. The first-order valence-electron chi connectivity index (χ1n) is 7.90. The molecule has 0 unspecified atom stereocenters. The van der Waals surface area contributed by atoms with E-state index >= 15 is 0 Å². The predicted octanol–water partition coefficient (Wildman–Crippen LogP) is 3.81. The standard InChI is InChI=1S/C17H18F3N3OS/c18-17(19,20)13-3-1-4-14(11-13)21-16(25)23-8-6-22(7-9-23)12-15-5-2-10-24-15/h1-5,10-11H,6-9,12H2,(H,21,25). The second-order valence-electron chi connectivity index (χ2n) is 5.85. The zero-order valence-electron chi connectivity index (χ0n) is 13.4. The van der Waals surface area contributed by atoms with Crippen molar-refractivity contribution < 1.29 is 17.6 Å². The summed E-state index contributed by atoms with van der Waals surface area (Å²) >= 11 is 5.34. The van der Waals surface area contributed by atoms with Crippen molar-refractivity contribution in [1.82, 2.24) is 9.80 Å². The lowest BCUT2D eigenvalue weighted by Crippen LogP contribution is -2.49. The molecule has 3 rings (SSSR count). The SMILES string of the molecule is FC(F)(F)c1cccc(NC(=S)N2CCN(Cc3ccco3)CC2)c1. The van der Waals surface area contributed by atoms with Gasteiger partial charge in [0.05, 0.1) is 18.4 Å². The molecule has 0 spiro atoms. The molecule has 0 bridgehead atoms. The number of benzene rings is 1. The molecule has 2 aromatic rings. The summed E-state index contributed by atoms with van der Waals surface area (Å²) in [6.45, 7) is 3.79. The quantitative estimate of drug-likeness (QED) is 0.832. The number of anilines is 1. The number of furan rings is 1. The molecule has 8 heteroatoms. The Morgan fingerprint density at radius 2 is 1.88 bits per heavy atom. The van der Waals surface area contributed by atoms with Gasteiger partial charge in [-0.3, -0.25) is 4.90 Å². The van der Waals surface area contributed by atoms with Crippen LogP contribution in [0.15, 0.2) is 47.1 Å². The fourth-order valence-corrected chi connectivity index (χ4v) is 3.01. The van der Waals surface area contributed by atoms with E-state index in [4.69, 9.17) is 16.6 Å². The zero-order valence-corrected chi connectivity index (χ0v) is 14.2. The van der Waals surface area contributed by atoms with E-state index in [1.54, 1.807) is 12.3 Å². The number of hydrogen-bond acceptors (Lipinski definition) is 3. The van der Waals surface area contributed by atoms with Crippen molar-refractivity contribution in [2.24, 2.45) is 0 Å². The van der Waals surface area contributed by atoms with Gasteiger partial charge in [0.25, 0.3) is 0 Å². The van der Waals surface area contributed by atoms with Crippen molar-refractivity contribution in [2.75, 3.05) is 31.5 Å². The highest BCUT2D eigenvalue weighted by molar-refractivity contribution is 7.80. The van der Waals surface area contributed by atoms with Crippen LogP contribution in [-0.4, -0.2) is 41.1 Å². The first-order chi connectivity index (χ1) is 11.9. The minimum absolute atomic E-state index is 0.345. The first-order valence-corrected chi connectivity index (χ1v) is 8.30. The minimum atomic E-state index is -4.36. The van der Waals surface area contributed by atoms with E-state index in [9.17, 15) is 13.2 Å². The van der Waals surface area contributed by atoms with Gasteiger partial charge in [-0.25, -0.2) is 0 Å². The third-order valence-corrected chi connectivity index (χ3v) is 4.42. The lowest BCUT2D eigenvalue weighted by molar-refractivity contribution is -0.137. The van der Waals surface area contributed by atoms with E-state index < -0.39 is 11.7 Å². The number of alkyl halides is 3. The normalized spacial score (nSPS) is 16.0. The molecule has 1 fully saturated rings. The van der Waals surface area contributed by atoms with Crippen molar-refractivity contribution in [1.29, 1.82) is 0 Å². The molecule has 0 amide bonds. The molecule has 0 aliphatic carbocycles. The fourth-order valence-electron chi connectivity index (χ4n) is 2.71. The molecule has 0 atom stereocenters. The van der Waals surface area contributed by atoms with Gasteiger partial charge >= 0.3 is 6.18 Å². The minimum Gasteiger partial charge on any atom is -0.468 e. The average molecular weight is 369 g/mol. The Kier molecular flexibility index (Phi) is 5.29. The highest BCUT2D eigenvalue weighted by Gasteiger charge is 2.30. The summed E-state index contributed by atoms with van der Waals surface area (Å²) in [5.41, 5.74) is -0.346. The van der Waals surface area contributed by atoms with Crippen LogP contribution >= 0.6 is 12.2 Å². The van der Waals surface area contributed by atoms with E-state index in [0.29, 0.717) is 23.9 Å². The van der Waals surface area contributed by atoms with Crippen LogP contribution in [0.5, 0.6) is 0 Å². The van der Waals surface area contributed by atoms with Gasteiger partial charge in [-0.15, -0.1) is 0 Å². The largest absolute Gasteiger partial charge is 0.468 e. The average Bonchev–Trinajstić information content (AvgIpc) is 3.08. The monoisotopic (exact) mass is 369 g/mol. The maximum absolute atomic E-state index is 12.8. The summed E-state index contributed by atoms with van der Waals surface area (Å²) in [5.74, 6) is 0.915. The van der Waals surface area contributed by atoms with Gasteiger partial charge in [0.2, 0.25) is 0 Å². The van der Waals surface area contributed by atoms with E-state index in [1.807, 2.05) is 17.0 Å². The summed E-state index contributed by atoms with van der Waals surface area (Å²) in [6.07, 6.45) is -2.71. The van der Waals surface area contributed by atoms with Crippen LogP contribution in [0.25, 0.3) is 0 Å². The Morgan fingerprint density at radius 1 is 1.12 bits per heavy atom. The van der Waals surface area contributed by atoms with Crippen LogP contribution in [0, 0.1) is 0 Å². The fraction of sp³-hybridized carbons (Fsp3) is 0.353. The zero-order chi connectivity index (χ0) is 17.9. The molecule has 0 saturated carbocycles. The van der Waals surface area contributed by atoms with Gasteiger partial charge in [-0.2, -0.15) is 13.2 Å². The van der Waals surface area contributed by atoms with E-state index in [0.717, 1.165) is 37.5 Å². The van der Waals surface area contributed by atoms with E-state index in [-0.39, 0.29) is 0 Å². The Morgan fingerprint density at radius 3 is 2.52 bits per heavy atom. The van der Waals surface area contributed by atoms with Gasteiger partial charge in [0, 0.05) is 31.9 Å². The number of thiocarbonyl (C=S) groups is 1. The second kappa shape index (κ2) is 7.45. The maximum Gasteiger partial charge on any atom is 0.416 e. The number of nitrogens with one attached hydrogen (secondary N) is 1. The Bertz CT molecular complexity index is 710. The molecule has 1 aromatic carbocycles. The first kappa shape index (κ1) is 17.8. The Hall–Kier alpha value is -2.06. The van der Waals surface area contributed by atoms with Crippen molar-refractivity contribution in [3.63, 3.8) is 0 Å². The van der Waals surface area contributed by atoms with Crippen LogP contribution in [0.2, 0.25) is 0 Å². The Labute approximate surface area is 149 Å². The molecule has 1 aromatic heterocycles. The van der Waals surface area contributed by atoms with E-state index in [1.165, 1.54) is 6.07 Å². The van der Waals surface area contributed by atoms with Crippen LogP contribution in [0.4, 0.5) is 18.9 Å². The summed E-state index contributed by atoms with van der Waals surface area (Å²) in [7, 11) is 0. The molecule has 25 heavy (non-hydrogen) atoms. The highest BCUT2D eigenvalue weighted by Crippen LogP contribution is 2.30. The molecule has 1 N–H and O–H groups in total. The summed E-state index contributed by atoms with van der Waals surface area (Å²) in [6, 6.07) is 8.86. The molecule has 0 radical (unpaired) electrons. The second-order valence-corrected chi connectivity index (χ2v) is 6.24. The van der Waals surface area contributed by atoms with Crippen LogP contribution in [-0.2, 0) is 12.7 Å². The number of piperazine rings is 1. The van der Waals surface area contributed by atoms with Gasteiger partial charge < -0.3 is 14.6 Å². The van der Waals surface area contributed by atoms with Crippen molar-refractivity contribution >= 4 is 23.0 Å². The molecule has 1 saturated heterocycles. The molecule has 134 valence electrons. The summed E-state index contributed by atoms with van der Waals surface area (Å²) < 4.78 is 43.7. The van der Waals surface area contributed by atoms with E-state index in [2.05, 4.69) is 10.2 Å². The summed E-state index contributed by atoms with van der Waals surface area (Å²) in [5, 5.41) is 3.35. The van der Waals surface area contributed by atoms with Gasteiger partial charge in [0.1, 0.15) is 5.76 Å². The highest BCUT2D eigenvalue weighted by atomic mass is 32.1. The molecule has 4 nitrogen and oxygen atoms in total. The van der Waals surface area contributed by atoms with Gasteiger partial charge in [-0.1, -0.05) is 6.07 Å². The smallest absolute Gasteiger partial charge is 0.416 e. The predicted molar refractivity (Wildman–Crippen MR) is 93.2 cm³/mol. The molecular formula is C17H18F3N3OS. The van der Waals surface area contributed by atoms with Crippen molar-refractivity contribution in [2.45, 2.75) is 12.7 Å². The lowest BCUT2D eigenvalue weighted by Gasteiger charge is -2.35. The van der Waals surface area contributed by atoms with Crippen LogP contribution < -0.4 is 5.32 Å². The maximum atomic E-state index is 12.8. The third-order valence-electron chi connectivity index (χ3n) is 4.06. The number of halogens is 3. The number of nitrogens with zero attached hydrogens (tertiary/aromatic N) is 2. The van der Waals surface area contributed by atoms with Crippen molar-refractivity contribution in [3.05, 3.63) is 54.0 Å². The topological polar surface area (TPSA) is 31.6 Å². The lowest BCUT2D eigenvalue weighted by atomic mass is 10.2. The molecule has 1 aliphatic heterocycles. The Balaban J connectivity index is 1.53. The van der Waals surface area contributed by atoms with Crippen LogP contribution in [0.3, 0.4) is 0 Å². The molecule has 1 aliphatic rings. The molecule has 2 heterocycles. The van der Waals surface area contributed by atoms with Crippen LogP contribution in [0.1, 0.15) is 11.3 Å². The third kappa shape index (κ3) is 4.73. The molecular weight excluding hydrogens is 351 g/mol.